The van der Waals surface area contributed by atoms with E-state index in [4.69, 9.17) is 0 Å². The number of rotatable bonds is 15. The van der Waals surface area contributed by atoms with Crippen LogP contribution in [0.15, 0.2) is 96.4 Å². The summed E-state index contributed by atoms with van der Waals surface area (Å²) in [5, 5.41) is 7.10. The van der Waals surface area contributed by atoms with Gasteiger partial charge in [0.2, 0.25) is 0 Å². The van der Waals surface area contributed by atoms with Gasteiger partial charge in [0.25, 0.3) is 15.9 Å². The molecule has 1 atom stereocenters. The third-order valence-electron chi connectivity index (χ3n) is 9.13. The average Bonchev–Trinajstić information content (AvgIpc) is 3.10. The zero-order chi connectivity index (χ0) is 33.9. The second kappa shape index (κ2) is 16.9. The Morgan fingerprint density at radius 2 is 1.62 bits per heavy atom. The van der Waals surface area contributed by atoms with Crippen molar-refractivity contribution in [3.8, 4) is 0 Å². The highest BCUT2D eigenvalue weighted by atomic mass is 32.2. The van der Waals surface area contributed by atoms with Gasteiger partial charge in [-0.15, -0.1) is 0 Å². The van der Waals surface area contributed by atoms with Crippen LogP contribution in [0.25, 0.3) is 6.08 Å². The van der Waals surface area contributed by atoms with Crippen molar-refractivity contribution in [3.05, 3.63) is 108 Å². The van der Waals surface area contributed by atoms with Crippen molar-refractivity contribution < 1.29 is 13.2 Å². The number of carbonyl (C=O) groups is 1. The van der Waals surface area contributed by atoms with Crippen molar-refractivity contribution in [2.75, 3.05) is 75.7 Å². The Hall–Kier alpha value is -3.96. The molecule has 5 rings (SSSR count). The molecule has 256 valence electrons. The van der Waals surface area contributed by atoms with Gasteiger partial charge in [-0.25, -0.2) is 13.1 Å². The van der Waals surface area contributed by atoms with E-state index in [-0.39, 0.29) is 16.5 Å². The van der Waals surface area contributed by atoms with Crippen LogP contribution in [0.3, 0.4) is 0 Å². The van der Waals surface area contributed by atoms with Crippen LogP contribution in [0.5, 0.6) is 0 Å². The number of nitrogens with one attached hydrogen (secondary N) is 3. The first kappa shape index (κ1) is 35.3. The maximum atomic E-state index is 13.4. The number of benzene rings is 3. The van der Waals surface area contributed by atoms with E-state index in [1.807, 2.05) is 25.1 Å². The zero-order valence-electron chi connectivity index (χ0n) is 28.2. The summed E-state index contributed by atoms with van der Waals surface area (Å²) in [5.74, 6) is -0.663. The number of sulfonamides is 1. The van der Waals surface area contributed by atoms with Crippen molar-refractivity contribution >= 4 is 33.4 Å². The Labute approximate surface area is 286 Å². The molecule has 9 nitrogen and oxygen atoms in total. The maximum Gasteiger partial charge on any atom is 0.264 e. The third kappa shape index (κ3) is 10.0. The molecule has 2 aliphatic heterocycles. The second-order valence-corrected chi connectivity index (χ2v) is 14.6. The number of hydrogen-bond donors (Lipinski definition) is 3. The minimum Gasteiger partial charge on any atom is -0.382 e. The number of nitrogens with zero attached hydrogens (tertiary/aromatic N) is 3. The third-order valence-corrected chi connectivity index (χ3v) is 10.5. The lowest BCUT2D eigenvalue weighted by Crippen LogP contribution is -2.46. The van der Waals surface area contributed by atoms with E-state index in [2.05, 4.69) is 67.5 Å². The molecule has 0 saturated carbocycles. The minimum atomic E-state index is -4.11. The molecule has 1 unspecified atom stereocenters. The summed E-state index contributed by atoms with van der Waals surface area (Å²) in [5.41, 5.74) is 5.24. The van der Waals surface area contributed by atoms with Gasteiger partial charge < -0.3 is 20.4 Å². The van der Waals surface area contributed by atoms with E-state index in [9.17, 15) is 13.2 Å². The summed E-state index contributed by atoms with van der Waals surface area (Å²) in [6.07, 6.45) is 4.50. The second-order valence-electron chi connectivity index (χ2n) is 12.9. The molecule has 0 bridgehead atoms. The van der Waals surface area contributed by atoms with Crippen molar-refractivity contribution in [2.24, 2.45) is 0 Å². The molecule has 0 aliphatic carbocycles. The molecular weight excluding hydrogens is 621 g/mol. The minimum absolute atomic E-state index is 0.0159. The van der Waals surface area contributed by atoms with Gasteiger partial charge >= 0.3 is 0 Å². The molecule has 10 heteroatoms. The lowest BCUT2D eigenvalue weighted by atomic mass is 10.0. The van der Waals surface area contributed by atoms with Gasteiger partial charge in [-0.05, 0) is 79.8 Å². The van der Waals surface area contributed by atoms with Crippen molar-refractivity contribution in [3.63, 3.8) is 0 Å². The molecule has 3 N–H and O–H groups in total. The molecule has 3 aromatic rings. The van der Waals surface area contributed by atoms with Crippen LogP contribution in [0.4, 0.5) is 11.4 Å². The summed E-state index contributed by atoms with van der Waals surface area (Å²) in [6.45, 7) is 19.7. The Kier molecular flexibility index (Phi) is 12.5. The predicted octanol–water partition coefficient (Wildman–Crippen LogP) is 4.86. The molecule has 2 saturated heterocycles. The number of aryl methyl sites for hydroxylation is 1. The van der Waals surface area contributed by atoms with Crippen molar-refractivity contribution in [1.82, 2.24) is 19.8 Å². The molecule has 0 radical (unpaired) electrons. The first-order valence-corrected chi connectivity index (χ1v) is 18.5. The highest BCUT2D eigenvalue weighted by Crippen LogP contribution is 2.25. The number of amides is 1. The Balaban J connectivity index is 1.22. The van der Waals surface area contributed by atoms with Gasteiger partial charge in [0, 0.05) is 88.4 Å². The van der Waals surface area contributed by atoms with Crippen LogP contribution in [0.1, 0.15) is 41.3 Å². The predicted molar refractivity (Wildman–Crippen MR) is 197 cm³/mol. The molecule has 48 heavy (non-hydrogen) atoms. The average molecular weight is 671 g/mol. The number of carbonyl (C=O) groups excluding carboxylic acids is 1. The lowest BCUT2D eigenvalue weighted by Gasteiger charge is -2.36. The van der Waals surface area contributed by atoms with Gasteiger partial charge in [0.1, 0.15) is 0 Å². The molecule has 2 heterocycles. The summed E-state index contributed by atoms with van der Waals surface area (Å²) in [7, 11) is -4.11. The standard InChI is InChI=1S/C38H50N6O3S/c1-4-32-28-36(16-17-37(32)40-34(13-10-31-8-6-5-7-9-31)18-21-42-22-19-39-20-23-42)48(46,47)41-38(45)33-11-14-35(15-12-33)44-26-24-43(25-27-44)29-30(2)3/h4-9,11-12,14-17,28,34,39-40H,1-2,10,13,18-27,29H2,3H3,(H,41,45). The Bertz CT molecular complexity index is 1630. The van der Waals surface area contributed by atoms with Gasteiger partial charge in [-0.3, -0.25) is 9.69 Å². The van der Waals surface area contributed by atoms with Gasteiger partial charge in [0.05, 0.1) is 4.90 Å². The zero-order valence-corrected chi connectivity index (χ0v) is 29.0. The van der Waals surface area contributed by atoms with E-state index in [1.54, 1.807) is 36.4 Å². The number of hydrogen-bond acceptors (Lipinski definition) is 8. The van der Waals surface area contributed by atoms with E-state index < -0.39 is 15.9 Å². The lowest BCUT2D eigenvalue weighted by molar-refractivity contribution is 0.0981. The number of anilines is 2. The highest BCUT2D eigenvalue weighted by molar-refractivity contribution is 7.90. The van der Waals surface area contributed by atoms with E-state index in [0.29, 0.717) is 5.56 Å². The van der Waals surface area contributed by atoms with Crippen molar-refractivity contribution in [1.29, 1.82) is 0 Å². The first-order valence-electron chi connectivity index (χ1n) is 17.0. The summed E-state index contributed by atoms with van der Waals surface area (Å²) < 4.78 is 29.0. The van der Waals surface area contributed by atoms with Gasteiger partial charge in [-0.1, -0.05) is 55.1 Å². The number of piperazine rings is 2. The van der Waals surface area contributed by atoms with Crippen molar-refractivity contribution in [2.45, 2.75) is 37.1 Å². The fourth-order valence-corrected chi connectivity index (χ4v) is 7.39. The SMILES string of the molecule is C=Cc1cc(S(=O)(=O)NC(=O)c2ccc(N3CCN(CC(=C)C)CC3)cc2)ccc1NC(CCc1ccccc1)CCN1CCNCC1. The van der Waals surface area contributed by atoms with E-state index in [0.717, 1.165) is 102 Å². The Morgan fingerprint density at radius 3 is 2.29 bits per heavy atom. The molecular formula is C38H50N6O3S. The van der Waals surface area contributed by atoms with Crippen LogP contribution in [0.2, 0.25) is 0 Å². The van der Waals surface area contributed by atoms with E-state index in [1.165, 1.54) is 5.56 Å². The summed E-state index contributed by atoms with van der Waals surface area (Å²) in [4.78, 5) is 20.2. The molecule has 2 aliphatic rings. The van der Waals surface area contributed by atoms with Crippen LogP contribution in [-0.2, 0) is 16.4 Å². The normalized spacial score (nSPS) is 16.6. The van der Waals surface area contributed by atoms with Crippen LogP contribution in [-0.4, -0.2) is 95.6 Å². The van der Waals surface area contributed by atoms with Crippen LogP contribution >= 0.6 is 0 Å². The molecule has 1 amide bonds. The first-order chi connectivity index (χ1) is 23.2. The molecule has 0 spiro atoms. The topological polar surface area (TPSA) is 97.0 Å². The quantitative estimate of drug-likeness (QED) is 0.198. The van der Waals surface area contributed by atoms with E-state index >= 15 is 0 Å². The van der Waals surface area contributed by atoms with Gasteiger partial charge in [0.15, 0.2) is 0 Å². The monoisotopic (exact) mass is 670 g/mol. The maximum absolute atomic E-state index is 13.4. The fraction of sp³-hybridized carbons (Fsp3) is 0.395. The van der Waals surface area contributed by atoms with Crippen LogP contribution in [0, 0.1) is 0 Å². The largest absolute Gasteiger partial charge is 0.382 e. The fourth-order valence-electron chi connectivity index (χ4n) is 6.39. The Morgan fingerprint density at radius 1 is 0.917 bits per heavy atom. The molecule has 3 aromatic carbocycles. The molecule has 0 aromatic heterocycles. The van der Waals surface area contributed by atoms with Crippen LogP contribution < -0.4 is 20.3 Å². The highest BCUT2D eigenvalue weighted by Gasteiger charge is 2.22. The summed E-state index contributed by atoms with van der Waals surface area (Å²) >= 11 is 0. The smallest absolute Gasteiger partial charge is 0.264 e. The van der Waals surface area contributed by atoms with Gasteiger partial charge in [-0.2, -0.15) is 0 Å². The molecule has 2 fully saturated rings. The summed E-state index contributed by atoms with van der Waals surface area (Å²) in [6, 6.07) is 22.7.